The molecule has 0 aliphatic carbocycles. The van der Waals surface area contributed by atoms with E-state index in [2.05, 4.69) is 30.3 Å². The van der Waals surface area contributed by atoms with Gasteiger partial charge in [0.1, 0.15) is 29.0 Å². The van der Waals surface area contributed by atoms with Gasteiger partial charge < -0.3 is 60.4 Å². The normalized spacial score (nSPS) is 26.6. The quantitative estimate of drug-likeness (QED) is 0.0254. The number of nitrogens with one attached hydrogen (secondary N) is 2. The van der Waals surface area contributed by atoms with Crippen LogP contribution < -0.4 is 27.1 Å². The minimum Gasteiger partial charge on any atom is -0.507 e. The predicted octanol–water partition coefficient (Wildman–Crippen LogP) is 3.29. The fourth-order valence-corrected chi connectivity index (χ4v) is 8.73. The molecule has 0 spiro atoms. The zero-order valence-corrected chi connectivity index (χ0v) is 44.3. The average molecular weight is 1070 g/mol. The lowest BCUT2D eigenvalue weighted by Gasteiger charge is -2.38. The van der Waals surface area contributed by atoms with Crippen LogP contribution in [0.2, 0.25) is 0 Å². The first-order valence-electron chi connectivity index (χ1n) is 24.5. The van der Waals surface area contributed by atoms with E-state index in [4.69, 9.17) is 30.5 Å². The number of hydrogen-bond donors (Lipinski definition) is 9. The van der Waals surface area contributed by atoms with Gasteiger partial charge in [-0.05, 0) is 32.2 Å². The first-order valence-corrected chi connectivity index (χ1v) is 24.5. The molecule has 9 atom stereocenters. The third-order valence-electron chi connectivity index (χ3n) is 13.4. The van der Waals surface area contributed by atoms with Crippen molar-refractivity contribution in [2.75, 3.05) is 45.7 Å². The lowest BCUT2D eigenvalue weighted by molar-refractivity contribution is -0.160. The highest BCUT2D eigenvalue weighted by atomic mass is 16.7. The smallest absolute Gasteiger partial charge is 0.312 e. The molecule has 6 heterocycles. The number of Topliss-reactive ketones (excluding diaryl/α,β-unsaturated/α-hetero) is 1. The number of hydrogen-bond acceptors (Lipinski definition) is 21. The van der Waals surface area contributed by atoms with E-state index < -0.39 is 94.7 Å². The number of benzene rings is 2. The van der Waals surface area contributed by atoms with E-state index in [1.54, 1.807) is 57.0 Å². The molecule has 4 aliphatic heterocycles. The van der Waals surface area contributed by atoms with Gasteiger partial charge in [0.25, 0.3) is 23.5 Å². The number of piperazine rings is 1. The number of rotatable bonds is 6. The van der Waals surface area contributed by atoms with Gasteiger partial charge in [0, 0.05) is 118 Å². The number of aliphatic hydroxyl groups is 2. The monoisotopic (exact) mass is 1070 g/mol. The van der Waals surface area contributed by atoms with Gasteiger partial charge in [0.2, 0.25) is 0 Å². The number of amides is 3. The van der Waals surface area contributed by atoms with Crippen molar-refractivity contribution in [3.63, 3.8) is 0 Å². The van der Waals surface area contributed by atoms with Crippen molar-refractivity contribution in [3.8, 4) is 23.0 Å². The molecule has 1 fully saturated rings. The summed E-state index contributed by atoms with van der Waals surface area (Å²) in [7, 11) is 3.42. The van der Waals surface area contributed by atoms with Crippen molar-refractivity contribution in [1.82, 2.24) is 30.3 Å². The number of primary amides is 1. The van der Waals surface area contributed by atoms with E-state index in [1.165, 1.54) is 83.5 Å². The summed E-state index contributed by atoms with van der Waals surface area (Å²) in [6.45, 7) is 13.6. The van der Waals surface area contributed by atoms with Gasteiger partial charge in [-0.25, -0.2) is 10.8 Å². The van der Waals surface area contributed by atoms with Gasteiger partial charge in [0.15, 0.2) is 5.75 Å². The van der Waals surface area contributed by atoms with Crippen molar-refractivity contribution in [2.45, 2.75) is 78.7 Å². The Hall–Kier alpha value is -8.03. The van der Waals surface area contributed by atoms with Gasteiger partial charge in [0.05, 0.1) is 59.2 Å². The Morgan fingerprint density at radius 2 is 1.61 bits per heavy atom. The van der Waals surface area contributed by atoms with Crippen molar-refractivity contribution >= 4 is 52.1 Å². The Balaban J connectivity index is 0.000000479. The highest BCUT2D eigenvalue weighted by Crippen LogP contribution is 2.53. The number of nitrogens with zero attached hydrogens (tertiary/aromatic N) is 6. The summed E-state index contributed by atoms with van der Waals surface area (Å²) >= 11 is 0. The summed E-state index contributed by atoms with van der Waals surface area (Å²) < 4.78 is 23.4. The Bertz CT molecular complexity index is 2880. The number of phenols is 3. The van der Waals surface area contributed by atoms with Crippen LogP contribution in [0.1, 0.15) is 85.2 Å². The van der Waals surface area contributed by atoms with Crippen LogP contribution in [0.5, 0.6) is 23.0 Å². The minimum atomic E-state index is -2.03. The number of hydrazine groups is 1. The number of aromatic hydroxyl groups is 3. The largest absolute Gasteiger partial charge is 0.507 e. The highest BCUT2D eigenvalue weighted by Gasteiger charge is 2.49. The van der Waals surface area contributed by atoms with Crippen molar-refractivity contribution in [3.05, 3.63) is 108 Å². The number of fused-ring (bicyclic) bond motifs is 14. The molecule has 4 aliphatic rings. The number of pyridine rings is 1. The number of phenolic OH excluding ortho intramolecular Hbond substituents is 3. The number of aliphatic hydroxyl groups excluding tert-OH is 2. The fourth-order valence-electron chi connectivity index (χ4n) is 8.73. The SMILES string of the molecule is CO[C@H]1/C=C/O[C@@]2(C)Oc3cc(O)c4c(O)c(c(/C=N\N5CCN(C)CC5)c(O)c4c3C2=O)NC(=O)/C(C)=C\C=C\[C@@H](C)[C@H](O)[C@@H](C)[C@H](O)[C@@H](C)[C@H](OC(C)=O)[C@@H]1C.NC(=O)c1cnccn1.NNC(=O)c1ccncc1. The van der Waals surface area contributed by atoms with Gasteiger partial charge in [-0.15, -0.1) is 0 Å². The van der Waals surface area contributed by atoms with Gasteiger partial charge in [-0.2, -0.15) is 5.10 Å². The van der Waals surface area contributed by atoms with Gasteiger partial charge in [-0.1, -0.05) is 45.9 Å². The van der Waals surface area contributed by atoms with Crippen LogP contribution in [0.3, 0.4) is 0 Å². The van der Waals surface area contributed by atoms with E-state index in [0.717, 1.165) is 19.2 Å². The topological polar surface area (TPSA) is 357 Å². The molecule has 77 heavy (non-hydrogen) atoms. The number of ketones is 1. The predicted molar refractivity (Wildman–Crippen MR) is 282 cm³/mol. The molecular formula is C53H68N10O14. The maximum absolute atomic E-state index is 14.3. The van der Waals surface area contributed by atoms with Crippen LogP contribution in [0.25, 0.3) is 10.8 Å². The number of nitrogen functional groups attached to an aromatic ring is 1. The van der Waals surface area contributed by atoms with E-state index >= 15 is 0 Å². The lowest BCUT2D eigenvalue weighted by atomic mass is 9.78. The van der Waals surface area contributed by atoms with E-state index in [0.29, 0.717) is 18.7 Å². The number of allylic oxidation sites excluding steroid dienone is 2. The molecule has 2 aromatic carbocycles. The molecule has 24 heteroatoms. The molecule has 1 saturated heterocycles. The third kappa shape index (κ3) is 14.5. The zero-order valence-electron chi connectivity index (χ0n) is 44.3. The summed E-state index contributed by atoms with van der Waals surface area (Å²) in [6, 6.07) is 4.28. The molecule has 0 unspecified atom stereocenters. The number of anilines is 1. The van der Waals surface area contributed by atoms with Crippen LogP contribution in [0.4, 0.5) is 5.69 Å². The summed E-state index contributed by atoms with van der Waals surface area (Å²) in [4.78, 5) is 74.5. The number of nitrogens with two attached hydrogens (primary N) is 2. The Labute approximate surface area is 445 Å². The summed E-state index contributed by atoms with van der Waals surface area (Å²) in [5, 5.41) is 66.2. The zero-order chi connectivity index (χ0) is 56.9. The minimum absolute atomic E-state index is 0.136. The van der Waals surface area contributed by atoms with E-state index in [-0.39, 0.29) is 50.5 Å². The number of aromatic nitrogens is 3. The fraction of sp³-hybridized carbons (Fsp3) is 0.415. The number of ether oxygens (including phenoxy) is 4. The first-order chi connectivity index (χ1) is 36.5. The summed E-state index contributed by atoms with van der Waals surface area (Å²) in [5.74, 6) is -4.41. The Morgan fingerprint density at radius 3 is 2.19 bits per heavy atom. The molecule has 0 saturated carbocycles. The average Bonchev–Trinajstić information content (AvgIpc) is 3.76. The second kappa shape index (κ2) is 26.6. The lowest BCUT2D eigenvalue weighted by Crippen LogP contribution is -2.46. The van der Waals surface area contributed by atoms with E-state index in [9.17, 15) is 49.5 Å². The molecular weight excluding hydrogens is 1000 g/mol. The highest BCUT2D eigenvalue weighted by molar-refractivity contribution is 6.23. The molecule has 11 N–H and O–H groups in total. The van der Waals surface area contributed by atoms with Crippen LogP contribution >= 0.6 is 0 Å². The van der Waals surface area contributed by atoms with Crippen molar-refractivity contribution in [1.29, 1.82) is 0 Å². The van der Waals surface area contributed by atoms with Gasteiger partial charge in [-0.3, -0.25) is 44.4 Å². The molecule has 414 valence electrons. The van der Waals surface area contributed by atoms with Gasteiger partial charge >= 0.3 is 11.8 Å². The number of likely N-dealkylation sites (N-methyl/N-ethyl adjacent to an activating group) is 1. The number of methoxy groups -OCH3 is 1. The molecule has 2 aromatic heterocycles. The maximum atomic E-state index is 14.3. The van der Waals surface area contributed by atoms with Crippen LogP contribution in [-0.2, 0) is 23.8 Å². The molecule has 3 amide bonds. The maximum Gasteiger partial charge on any atom is 0.312 e. The summed E-state index contributed by atoms with van der Waals surface area (Å²) in [6.07, 6.45) is 12.1. The number of carbonyl (C=O) groups is 5. The number of carbonyl (C=O) groups excluding carboxylic acids is 5. The van der Waals surface area contributed by atoms with Crippen LogP contribution in [0, 0.1) is 23.7 Å². The molecule has 24 nitrogen and oxygen atoms in total. The van der Waals surface area contributed by atoms with E-state index in [1.807, 2.05) is 12.5 Å². The second-order valence-corrected chi connectivity index (χ2v) is 18.9. The first kappa shape index (κ1) is 59.8. The molecule has 0 radical (unpaired) electrons. The van der Waals surface area contributed by atoms with Crippen molar-refractivity contribution in [2.24, 2.45) is 40.3 Å². The van der Waals surface area contributed by atoms with Crippen molar-refractivity contribution < 1.29 is 68.5 Å². The van der Waals surface area contributed by atoms with Crippen LogP contribution in [-0.4, -0.2) is 157 Å². The number of hydrazone groups is 1. The second-order valence-electron chi connectivity index (χ2n) is 18.9. The van der Waals surface area contributed by atoms with Crippen LogP contribution in [0.15, 0.2) is 90.4 Å². The Kier molecular flexibility index (Phi) is 20.7. The molecule has 4 aromatic rings. The molecule has 5 bridgehead atoms. The summed E-state index contributed by atoms with van der Waals surface area (Å²) in [5.41, 5.74) is 7.16. The Morgan fingerprint density at radius 1 is 0.935 bits per heavy atom. The standard InChI is InChI=1S/C42H56N4O12.C6H7N3O.C5H5N3O/c1-21-11-10-12-22(2)41(54)44-34-27(20-43-46-16-14-45(8)15-17-46)37(51)33-31(38(34)52)28(48)19-30-32(33)40(53)42(7,58-30)56-18-13-29(55-9)23(3)39(57-26(6)47)25(5)36(50)24(4)35(21)49;7-9-6(10)5-1-3-8-4-2-5;6-5(9)4-3-7-1-2-8-4/h10-13,18-21,23-25,29,35-36,39,48-52H,14-17H2,1-9H3,(H,44,54);1-4H,7H2,(H,9,10);1-3H,(H2,6,9)/b11-10+,18-13+,22-12-,43-20-;;/t21-,23-,24-,25-,29+,35+,36+,39-,42+;;/m1../s1. The molecule has 8 rings (SSSR count). The number of esters is 1. The third-order valence-corrected chi connectivity index (χ3v) is 13.4.